The molecule has 0 spiro atoms. The van der Waals surface area contributed by atoms with Gasteiger partial charge in [0.1, 0.15) is 11.6 Å². The monoisotopic (exact) mass is 254 g/mol. The van der Waals surface area contributed by atoms with E-state index in [9.17, 15) is 0 Å². The van der Waals surface area contributed by atoms with Gasteiger partial charge in [-0.2, -0.15) is 0 Å². The zero-order chi connectivity index (χ0) is 12.9. The Kier molecular flexibility index (Phi) is 5.05. The number of rotatable bonds is 6. The summed E-state index contributed by atoms with van der Waals surface area (Å²) < 4.78 is 0. The molecule has 1 aromatic heterocycles. The van der Waals surface area contributed by atoms with Crippen LogP contribution in [0.1, 0.15) is 33.6 Å². The maximum Gasteiger partial charge on any atom is 0.191 e. The van der Waals surface area contributed by atoms with Gasteiger partial charge in [0.2, 0.25) is 0 Å². The van der Waals surface area contributed by atoms with Crippen LogP contribution in [-0.4, -0.2) is 28.8 Å². The van der Waals surface area contributed by atoms with Gasteiger partial charge in [-0.15, -0.1) is 0 Å². The first-order chi connectivity index (χ1) is 8.06. The molecule has 2 N–H and O–H groups in total. The molecule has 0 atom stereocenters. The average Bonchev–Trinajstić information content (AvgIpc) is 2.37. The Labute approximate surface area is 108 Å². The Bertz CT molecular complexity index is 341. The number of hydrogen-bond acceptors (Lipinski definition) is 5. The number of aromatic nitrogens is 2. The minimum absolute atomic E-state index is 0.0923. The molecular formula is C12H22N4S. The summed E-state index contributed by atoms with van der Waals surface area (Å²) in [4.78, 5) is 8.83. The van der Waals surface area contributed by atoms with Crippen LogP contribution in [0.4, 0.5) is 11.6 Å². The highest BCUT2D eigenvalue weighted by Crippen LogP contribution is 2.23. The average molecular weight is 254 g/mol. The molecule has 0 fully saturated rings. The maximum absolute atomic E-state index is 4.48. The van der Waals surface area contributed by atoms with E-state index in [1.807, 2.05) is 19.4 Å². The van der Waals surface area contributed by atoms with Crippen LogP contribution in [0.5, 0.6) is 0 Å². The number of hydrogen-bond donors (Lipinski definition) is 2. The molecule has 0 aliphatic heterocycles. The molecule has 1 aromatic rings. The Morgan fingerprint density at radius 1 is 1.24 bits per heavy atom. The molecule has 1 heterocycles. The Morgan fingerprint density at radius 2 is 1.82 bits per heavy atom. The Hall–Kier alpha value is -0.970. The lowest BCUT2D eigenvalue weighted by Gasteiger charge is -2.29. The molecule has 0 aliphatic carbocycles. The van der Waals surface area contributed by atoms with E-state index in [1.54, 1.807) is 11.8 Å². The van der Waals surface area contributed by atoms with Crippen LogP contribution in [-0.2, 0) is 0 Å². The van der Waals surface area contributed by atoms with Gasteiger partial charge in [-0.05, 0) is 26.0 Å². The smallest absolute Gasteiger partial charge is 0.191 e. The summed E-state index contributed by atoms with van der Waals surface area (Å²) in [6.45, 7) is 6.59. The van der Waals surface area contributed by atoms with Gasteiger partial charge >= 0.3 is 0 Å². The lowest BCUT2D eigenvalue weighted by molar-refractivity contribution is 0.476. The van der Waals surface area contributed by atoms with Crippen molar-refractivity contribution in [2.75, 3.05) is 23.9 Å². The molecule has 1 rings (SSSR count). The van der Waals surface area contributed by atoms with Crippen LogP contribution >= 0.6 is 11.8 Å². The van der Waals surface area contributed by atoms with Crippen LogP contribution < -0.4 is 10.6 Å². The van der Waals surface area contributed by atoms with Crippen LogP contribution in [0, 0.1) is 0 Å². The summed E-state index contributed by atoms with van der Waals surface area (Å²) in [5.74, 6) is 1.74. The van der Waals surface area contributed by atoms with Crippen molar-refractivity contribution in [3.63, 3.8) is 0 Å². The van der Waals surface area contributed by atoms with Gasteiger partial charge in [0.25, 0.3) is 0 Å². The third kappa shape index (κ3) is 3.77. The van der Waals surface area contributed by atoms with Gasteiger partial charge < -0.3 is 10.6 Å². The number of nitrogens with zero attached hydrogens (tertiary/aromatic N) is 2. The van der Waals surface area contributed by atoms with Crippen molar-refractivity contribution in [1.29, 1.82) is 0 Å². The van der Waals surface area contributed by atoms with Gasteiger partial charge in [-0.3, -0.25) is 0 Å². The van der Waals surface area contributed by atoms with Gasteiger partial charge in [0, 0.05) is 18.7 Å². The summed E-state index contributed by atoms with van der Waals surface area (Å²) in [6.07, 6.45) is 4.12. The molecule has 5 heteroatoms. The summed E-state index contributed by atoms with van der Waals surface area (Å²) in [7, 11) is 1.87. The highest BCUT2D eigenvalue weighted by molar-refractivity contribution is 7.98. The molecule has 96 valence electrons. The van der Waals surface area contributed by atoms with E-state index >= 15 is 0 Å². The molecular weight excluding hydrogens is 232 g/mol. The standard InChI is InChI=1S/C12H22N4S/c1-6-12(3,7-2)16-10-8-9(13-4)14-11(15-10)17-5/h8H,6-7H2,1-5H3,(H2,13,14,15,16). The molecule has 0 saturated heterocycles. The van der Waals surface area contributed by atoms with E-state index in [2.05, 4.69) is 41.4 Å². The summed E-state index contributed by atoms with van der Waals surface area (Å²) >= 11 is 1.55. The van der Waals surface area contributed by atoms with Crippen LogP contribution in [0.3, 0.4) is 0 Å². The zero-order valence-electron chi connectivity index (χ0n) is 11.3. The van der Waals surface area contributed by atoms with Crippen LogP contribution in [0.25, 0.3) is 0 Å². The van der Waals surface area contributed by atoms with Gasteiger partial charge in [0.15, 0.2) is 5.16 Å². The Balaban J connectivity index is 2.97. The molecule has 0 unspecified atom stereocenters. The second-order valence-electron chi connectivity index (χ2n) is 4.27. The summed E-state index contributed by atoms with van der Waals surface area (Å²) in [5, 5.41) is 7.35. The van der Waals surface area contributed by atoms with Crippen molar-refractivity contribution in [3.8, 4) is 0 Å². The number of nitrogens with one attached hydrogen (secondary N) is 2. The second kappa shape index (κ2) is 6.10. The lowest BCUT2D eigenvalue weighted by atomic mass is 9.96. The lowest BCUT2D eigenvalue weighted by Crippen LogP contribution is -2.33. The van der Waals surface area contributed by atoms with Crippen molar-refractivity contribution in [2.45, 2.75) is 44.3 Å². The van der Waals surface area contributed by atoms with E-state index in [0.29, 0.717) is 0 Å². The van der Waals surface area contributed by atoms with Crippen LogP contribution in [0.15, 0.2) is 11.2 Å². The fraction of sp³-hybridized carbons (Fsp3) is 0.667. The molecule has 0 radical (unpaired) electrons. The highest BCUT2D eigenvalue weighted by atomic mass is 32.2. The molecule has 0 bridgehead atoms. The minimum atomic E-state index is 0.0923. The normalized spacial score (nSPS) is 11.4. The number of thioether (sulfide) groups is 1. The van der Waals surface area contributed by atoms with Gasteiger partial charge in [-0.25, -0.2) is 9.97 Å². The second-order valence-corrected chi connectivity index (χ2v) is 5.04. The van der Waals surface area contributed by atoms with Crippen LogP contribution in [0.2, 0.25) is 0 Å². The molecule has 0 aromatic carbocycles. The molecule has 0 saturated carbocycles. The van der Waals surface area contributed by atoms with Gasteiger partial charge in [-0.1, -0.05) is 25.6 Å². The van der Waals surface area contributed by atoms with Gasteiger partial charge in [0.05, 0.1) is 0 Å². The summed E-state index contributed by atoms with van der Waals surface area (Å²) in [5.41, 5.74) is 0.0923. The predicted molar refractivity (Wildman–Crippen MR) is 76.0 cm³/mol. The molecule has 0 aliphatic rings. The summed E-state index contributed by atoms with van der Waals surface area (Å²) in [6, 6.07) is 1.95. The Morgan fingerprint density at radius 3 is 2.29 bits per heavy atom. The van der Waals surface area contributed by atoms with Crippen molar-refractivity contribution in [3.05, 3.63) is 6.07 Å². The van der Waals surface area contributed by atoms with Crippen molar-refractivity contribution >= 4 is 23.4 Å². The topological polar surface area (TPSA) is 49.8 Å². The van der Waals surface area contributed by atoms with E-state index in [1.165, 1.54) is 0 Å². The fourth-order valence-corrected chi connectivity index (χ4v) is 1.82. The third-order valence-electron chi connectivity index (χ3n) is 3.13. The SMILES string of the molecule is CCC(C)(CC)Nc1cc(NC)nc(SC)n1. The first-order valence-corrected chi connectivity index (χ1v) is 7.18. The highest BCUT2D eigenvalue weighted by Gasteiger charge is 2.20. The fourth-order valence-electron chi connectivity index (χ4n) is 1.44. The largest absolute Gasteiger partial charge is 0.373 e. The first kappa shape index (κ1) is 14.1. The van der Waals surface area contributed by atoms with E-state index in [4.69, 9.17) is 0 Å². The van der Waals surface area contributed by atoms with Crippen molar-refractivity contribution < 1.29 is 0 Å². The maximum atomic E-state index is 4.48. The molecule has 17 heavy (non-hydrogen) atoms. The van der Waals surface area contributed by atoms with Crippen molar-refractivity contribution in [1.82, 2.24) is 9.97 Å². The molecule has 4 nitrogen and oxygen atoms in total. The minimum Gasteiger partial charge on any atom is -0.373 e. The first-order valence-electron chi connectivity index (χ1n) is 5.96. The van der Waals surface area contributed by atoms with E-state index in [-0.39, 0.29) is 5.54 Å². The number of anilines is 2. The van der Waals surface area contributed by atoms with E-state index in [0.717, 1.165) is 29.6 Å². The van der Waals surface area contributed by atoms with E-state index < -0.39 is 0 Å². The molecule has 0 amide bonds. The zero-order valence-corrected chi connectivity index (χ0v) is 12.1. The third-order valence-corrected chi connectivity index (χ3v) is 3.68. The van der Waals surface area contributed by atoms with Crippen molar-refractivity contribution in [2.24, 2.45) is 0 Å². The predicted octanol–water partition coefficient (Wildman–Crippen LogP) is 3.23. The quantitative estimate of drug-likeness (QED) is 0.603.